The first kappa shape index (κ1) is 15.3. The molecule has 0 spiro atoms. The molecule has 0 unspecified atom stereocenters. The normalized spacial score (nSPS) is 11.1. The van der Waals surface area contributed by atoms with Crippen molar-refractivity contribution in [3.8, 4) is 0 Å². The number of rotatable bonds is 4. The van der Waals surface area contributed by atoms with Crippen LogP contribution in [0, 0.1) is 6.92 Å². The topological polar surface area (TPSA) is 42.2 Å². The summed E-state index contributed by atoms with van der Waals surface area (Å²) in [6.45, 7) is 6.45. The van der Waals surface area contributed by atoms with E-state index in [9.17, 15) is 4.79 Å². The summed E-state index contributed by atoms with van der Waals surface area (Å²) in [6, 6.07) is 13.7. The van der Waals surface area contributed by atoms with Gasteiger partial charge >= 0.3 is 0 Å². The van der Waals surface area contributed by atoms with Crippen LogP contribution in [-0.2, 0) is 11.2 Å². The number of amides is 1. The molecular formula is C20H21NO2. The molecule has 1 heterocycles. The Kier molecular flexibility index (Phi) is 4.20. The number of fused-ring (bicyclic) bond motifs is 1. The van der Waals surface area contributed by atoms with E-state index >= 15 is 0 Å². The van der Waals surface area contributed by atoms with Crippen LogP contribution in [0.1, 0.15) is 36.5 Å². The molecule has 1 amide bonds. The van der Waals surface area contributed by atoms with E-state index in [1.807, 2.05) is 30.3 Å². The predicted molar refractivity (Wildman–Crippen MR) is 93.8 cm³/mol. The van der Waals surface area contributed by atoms with Gasteiger partial charge in [-0.15, -0.1) is 0 Å². The molecule has 1 aromatic heterocycles. The third-order valence-electron chi connectivity index (χ3n) is 4.07. The number of anilines is 1. The number of hydrogen-bond acceptors (Lipinski definition) is 2. The highest BCUT2D eigenvalue weighted by molar-refractivity contribution is 5.95. The van der Waals surface area contributed by atoms with Crippen molar-refractivity contribution in [2.45, 2.75) is 33.1 Å². The summed E-state index contributed by atoms with van der Waals surface area (Å²) in [5.74, 6) is 0.408. The van der Waals surface area contributed by atoms with Crippen molar-refractivity contribution >= 4 is 22.6 Å². The van der Waals surface area contributed by atoms with Gasteiger partial charge in [0.1, 0.15) is 5.58 Å². The van der Waals surface area contributed by atoms with Gasteiger partial charge in [0.2, 0.25) is 5.91 Å². The highest BCUT2D eigenvalue weighted by Gasteiger charge is 2.14. The summed E-state index contributed by atoms with van der Waals surface area (Å²) in [6.07, 6.45) is 2.00. The molecule has 3 rings (SSSR count). The molecule has 0 bridgehead atoms. The molecule has 0 saturated carbocycles. The second-order valence-electron chi connectivity index (χ2n) is 6.21. The Labute approximate surface area is 136 Å². The van der Waals surface area contributed by atoms with Crippen LogP contribution in [0.2, 0.25) is 0 Å². The van der Waals surface area contributed by atoms with Crippen molar-refractivity contribution in [2.24, 2.45) is 0 Å². The third-order valence-corrected chi connectivity index (χ3v) is 4.07. The monoisotopic (exact) mass is 307 g/mol. The molecule has 2 aromatic carbocycles. The number of carbonyl (C=O) groups is 1. The summed E-state index contributed by atoms with van der Waals surface area (Å²) >= 11 is 0. The molecule has 0 aliphatic carbocycles. The van der Waals surface area contributed by atoms with Gasteiger partial charge in [-0.25, -0.2) is 0 Å². The minimum absolute atomic E-state index is 0.0365. The maximum absolute atomic E-state index is 12.3. The second kappa shape index (κ2) is 6.29. The zero-order valence-corrected chi connectivity index (χ0v) is 13.7. The lowest BCUT2D eigenvalue weighted by Crippen LogP contribution is -2.14. The van der Waals surface area contributed by atoms with Crippen LogP contribution >= 0.6 is 0 Å². The Morgan fingerprint density at radius 1 is 1.17 bits per heavy atom. The fourth-order valence-corrected chi connectivity index (χ4v) is 2.90. The first-order valence-electron chi connectivity index (χ1n) is 7.90. The fourth-order valence-electron chi connectivity index (χ4n) is 2.90. The SMILES string of the molecule is Cc1cc2occ(CC(=O)Nc3ccccc3)c2cc1C(C)C. The minimum Gasteiger partial charge on any atom is -0.464 e. The summed E-state index contributed by atoms with van der Waals surface area (Å²) in [4.78, 5) is 12.3. The van der Waals surface area contributed by atoms with Crippen molar-refractivity contribution in [1.82, 2.24) is 0 Å². The zero-order valence-electron chi connectivity index (χ0n) is 13.7. The molecule has 1 N–H and O–H groups in total. The van der Waals surface area contributed by atoms with Crippen molar-refractivity contribution < 1.29 is 9.21 Å². The Hall–Kier alpha value is -2.55. The van der Waals surface area contributed by atoms with Gasteiger partial charge in [0.25, 0.3) is 0 Å². The minimum atomic E-state index is -0.0365. The smallest absolute Gasteiger partial charge is 0.228 e. The van der Waals surface area contributed by atoms with Crippen LogP contribution in [-0.4, -0.2) is 5.91 Å². The number of carbonyl (C=O) groups excluding carboxylic acids is 1. The first-order valence-corrected chi connectivity index (χ1v) is 7.90. The van der Waals surface area contributed by atoms with Crippen LogP contribution in [0.4, 0.5) is 5.69 Å². The Morgan fingerprint density at radius 3 is 2.61 bits per heavy atom. The van der Waals surface area contributed by atoms with Crippen molar-refractivity contribution in [3.63, 3.8) is 0 Å². The highest BCUT2D eigenvalue weighted by Crippen LogP contribution is 2.29. The van der Waals surface area contributed by atoms with Gasteiger partial charge in [-0.2, -0.15) is 0 Å². The molecular weight excluding hydrogens is 286 g/mol. The molecule has 3 nitrogen and oxygen atoms in total. The van der Waals surface area contributed by atoms with Gasteiger partial charge in [0, 0.05) is 16.6 Å². The molecule has 23 heavy (non-hydrogen) atoms. The van der Waals surface area contributed by atoms with E-state index in [0.717, 1.165) is 22.2 Å². The number of nitrogens with one attached hydrogen (secondary N) is 1. The summed E-state index contributed by atoms with van der Waals surface area (Å²) < 4.78 is 5.64. The standard InChI is InChI=1S/C20H21NO2/c1-13(2)17-11-18-15(12-23-19(18)9-14(17)3)10-20(22)21-16-7-5-4-6-8-16/h4-9,11-13H,10H2,1-3H3,(H,21,22). The Morgan fingerprint density at radius 2 is 1.91 bits per heavy atom. The van der Waals surface area contributed by atoms with Crippen molar-refractivity contribution in [3.05, 3.63) is 65.4 Å². The van der Waals surface area contributed by atoms with E-state index in [1.54, 1.807) is 6.26 Å². The maximum atomic E-state index is 12.3. The lowest BCUT2D eigenvalue weighted by atomic mass is 9.95. The van der Waals surface area contributed by atoms with Gasteiger partial charge in [-0.3, -0.25) is 4.79 Å². The predicted octanol–water partition coefficient (Wildman–Crippen LogP) is 5.05. The molecule has 0 atom stereocenters. The molecule has 118 valence electrons. The summed E-state index contributed by atoms with van der Waals surface area (Å²) in [5.41, 5.74) is 5.10. The fraction of sp³-hybridized carbons (Fsp3) is 0.250. The van der Waals surface area contributed by atoms with E-state index in [4.69, 9.17) is 4.42 Å². The molecule has 0 aliphatic rings. The van der Waals surface area contributed by atoms with Gasteiger partial charge in [-0.05, 0) is 48.2 Å². The van der Waals surface area contributed by atoms with Crippen LogP contribution in [0.15, 0.2) is 53.1 Å². The molecule has 0 aliphatic heterocycles. The van der Waals surface area contributed by atoms with Gasteiger partial charge in [0.15, 0.2) is 0 Å². The second-order valence-corrected chi connectivity index (χ2v) is 6.21. The summed E-state index contributed by atoms with van der Waals surface area (Å²) in [5, 5.41) is 3.94. The number of benzene rings is 2. The maximum Gasteiger partial charge on any atom is 0.228 e. The van der Waals surface area contributed by atoms with Gasteiger partial charge in [0.05, 0.1) is 12.7 Å². The Bertz CT molecular complexity index is 831. The Balaban J connectivity index is 1.85. The van der Waals surface area contributed by atoms with E-state index in [0.29, 0.717) is 12.3 Å². The summed E-state index contributed by atoms with van der Waals surface area (Å²) in [7, 11) is 0. The molecule has 3 aromatic rings. The van der Waals surface area contributed by atoms with Crippen LogP contribution in [0.25, 0.3) is 11.0 Å². The molecule has 0 saturated heterocycles. The van der Waals surface area contributed by atoms with Crippen LogP contribution in [0.3, 0.4) is 0 Å². The first-order chi connectivity index (χ1) is 11.0. The average molecular weight is 307 g/mol. The van der Waals surface area contributed by atoms with E-state index in [1.165, 1.54) is 11.1 Å². The molecule has 0 radical (unpaired) electrons. The highest BCUT2D eigenvalue weighted by atomic mass is 16.3. The quantitative estimate of drug-likeness (QED) is 0.733. The van der Waals surface area contributed by atoms with Crippen molar-refractivity contribution in [2.75, 3.05) is 5.32 Å². The number of para-hydroxylation sites is 1. The molecule has 3 heteroatoms. The number of aryl methyl sites for hydroxylation is 1. The average Bonchev–Trinajstić information content (AvgIpc) is 2.89. The van der Waals surface area contributed by atoms with Gasteiger partial charge in [-0.1, -0.05) is 32.0 Å². The largest absolute Gasteiger partial charge is 0.464 e. The van der Waals surface area contributed by atoms with Crippen LogP contribution < -0.4 is 5.32 Å². The van der Waals surface area contributed by atoms with Crippen LogP contribution in [0.5, 0.6) is 0 Å². The number of hydrogen-bond donors (Lipinski definition) is 1. The van der Waals surface area contributed by atoms with E-state index in [-0.39, 0.29) is 5.91 Å². The zero-order chi connectivity index (χ0) is 16.4. The van der Waals surface area contributed by atoms with Crippen molar-refractivity contribution in [1.29, 1.82) is 0 Å². The lowest BCUT2D eigenvalue weighted by molar-refractivity contribution is -0.115. The lowest BCUT2D eigenvalue weighted by Gasteiger charge is -2.10. The van der Waals surface area contributed by atoms with E-state index < -0.39 is 0 Å². The third kappa shape index (κ3) is 3.29. The van der Waals surface area contributed by atoms with E-state index in [2.05, 4.69) is 38.2 Å². The molecule has 0 fully saturated rings. The van der Waals surface area contributed by atoms with Gasteiger partial charge < -0.3 is 9.73 Å². The number of furan rings is 1.